The van der Waals surface area contributed by atoms with Gasteiger partial charge in [-0.05, 0) is 23.4 Å². The van der Waals surface area contributed by atoms with Crippen molar-refractivity contribution in [3.63, 3.8) is 0 Å². The van der Waals surface area contributed by atoms with E-state index in [-0.39, 0.29) is 0 Å². The molecule has 0 N–H and O–H groups in total. The van der Waals surface area contributed by atoms with Gasteiger partial charge >= 0.3 is 0 Å². The fourth-order valence-electron chi connectivity index (χ4n) is 2.09. The largest absolute Gasteiger partial charge is 0.134 e. The zero-order chi connectivity index (χ0) is 7.02. The van der Waals surface area contributed by atoms with Crippen LogP contribution in [0.2, 0.25) is 0 Å². The van der Waals surface area contributed by atoms with E-state index in [9.17, 15) is 0 Å². The van der Waals surface area contributed by atoms with Gasteiger partial charge < -0.3 is 0 Å². The van der Waals surface area contributed by atoms with Gasteiger partial charge in [-0.25, -0.2) is 0 Å². The van der Waals surface area contributed by atoms with Gasteiger partial charge in [0.2, 0.25) is 0 Å². The van der Waals surface area contributed by atoms with E-state index in [2.05, 4.69) is 30.0 Å². The molecule has 0 heterocycles. The molecule has 1 saturated carbocycles. The first-order chi connectivity index (χ1) is 4.18. The molecule has 1 aliphatic carbocycles. The molecule has 5 unspecified atom stereocenters. The van der Waals surface area contributed by atoms with Crippen molar-refractivity contribution in [3.05, 3.63) is 0 Å². The summed E-state index contributed by atoms with van der Waals surface area (Å²) >= 11 is 0. The molecule has 0 aromatic heterocycles. The van der Waals surface area contributed by atoms with E-state index in [1.54, 1.807) is 0 Å². The molecule has 0 aliphatic heterocycles. The molecular weight excluding hydrogens is 127 g/mol. The zero-order valence-corrected chi connectivity index (χ0v) is 7.75. The van der Waals surface area contributed by atoms with Gasteiger partial charge in [0.25, 0.3) is 0 Å². The summed E-state index contributed by atoms with van der Waals surface area (Å²) in [6, 6.07) is 0. The predicted octanol–water partition coefficient (Wildman–Crippen LogP) is 2.54. The van der Waals surface area contributed by atoms with Gasteiger partial charge in [0.1, 0.15) is 0 Å². The van der Waals surface area contributed by atoms with Crippen molar-refractivity contribution in [2.24, 2.45) is 17.8 Å². The summed E-state index contributed by atoms with van der Waals surface area (Å²) in [5.74, 6) is 3.06. The smallest absolute Gasteiger partial charge is 0.0259 e. The lowest BCUT2D eigenvalue weighted by molar-refractivity contribution is 0.674. The molecule has 5 atom stereocenters. The molecule has 0 aromatic carbocycles. The van der Waals surface area contributed by atoms with Crippen LogP contribution in [0.5, 0.6) is 0 Å². The summed E-state index contributed by atoms with van der Waals surface area (Å²) in [5.41, 5.74) is 0.838. The highest BCUT2D eigenvalue weighted by molar-refractivity contribution is 7.17. The highest BCUT2D eigenvalue weighted by Gasteiger charge is 2.46. The van der Waals surface area contributed by atoms with Gasteiger partial charge in [-0.1, -0.05) is 27.2 Å². The van der Waals surface area contributed by atoms with Crippen LogP contribution in [0.3, 0.4) is 0 Å². The first-order valence-electron chi connectivity index (χ1n) is 3.94. The molecule has 0 saturated heterocycles. The molecule has 0 nitrogen and oxygen atoms in total. The van der Waals surface area contributed by atoms with Gasteiger partial charge in [-0.15, -0.1) is 9.24 Å². The van der Waals surface area contributed by atoms with Crippen molar-refractivity contribution in [2.45, 2.75) is 32.9 Å². The Bertz CT molecular complexity index is 98.7. The van der Waals surface area contributed by atoms with Crippen LogP contribution < -0.4 is 0 Å². The molecule has 1 rings (SSSR count). The maximum absolute atomic E-state index is 2.91. The average molecular weight is 144 g/mol. The van der Waals surface area contributed by atoms with Crippen LogP contribution >= 0.6 is 9.24 Å². The summed E-state index contributed by atoms with van der Waals surface area (Å²) in [6.45, 7) is 6.98. The topological polar surface area (TPSA) is 0 Å². The van der Waals surface area contributed by atoms with E-state index in [4.69, 9.17) is 0 Å². The number of rotatable bonds is 2. The first-order valence-corrected chi connectivity index (χ1v) is 4.60. The molecule has 1 aliphatic rings. The van der Waals surface area contributed by atoms with Gasteiger partial charge in [0.15, 0.2) is 0 Å². The van der Waals surface area contributed by atoms with Crippen molar-refractivity contribution in [1.29, 1.82) is 0 Å². The van der Waals surface area contributed by atoms with Gasteiger partial charge in [-0.3, -0.25) is 0 Å². The van der Waals surface area contributed by atoms with Crippen LogP contribution in [0.25, 0.3) is 0 Å². The number of hydrogen-bond acceptors (Lipinski definition) is 0. The Labute approximate surface area is 60.6 Å². The molecule has 0 spiro atoms. The maximum Gasteiger partial charge on any atom is -0.0259 e. The average Bonchev–Trinajstić information content (AvgIpc) is 2.40. The third-order valence-electron chi connectivity index (χ3n) is 2.71. The van der Waals surface area contributed by atoms with Crippen LogP contribution in [-0.2, 0) is 0 Å². The Morgan fingerprint density at radius 3 is 2.22 bits per heavy atom. The van der Waals surface area contributed by atoms with E-state index in [1.165, 1.54) is 6.42 Å². The third kappa shape index (κ3) is 1.29. The van der Waals surface area contributed by atoms with Crippen LogP contribution in [0.1, 0.15) is 27.2 Å². The summed E-state index contributed by atoms with van der Waals surface area (Å²) in [4.78, 5) is 0. The SMILES string of the molecule is CCC1C(C)C1C(C)P. The van der Waals surface area contributed by atoms with E-state index in [0.29, 0.717) is 0 Å². The third-order valence-corrected chi connectivity index (χ3v) is 3.16. The van der Waals surface area contributed by atoms with E-state index in [1.807, 2.05) is 0 Å². The molecule has 9 heavy (non-hydrogen) atoms. The second-order valence-electron chi connectivity index (χ2n) is 3.37. The van der Waals surface area contributed by atoms with Crippen molar-refractivity contribution >= 4 is 9.24 Å². The van der Waals surface area contributed by atoms with E-state index >= 15 is 0 Å². The van der Waals surface area contributed by atoms with Gasteiger partial charge in [0.05, 0.1) is 0 Å². The van der Waals surface area contributed by atoms with Crippen LogP contribution in [0.15, 0.2) is 0 Å². The number of hydrogen-bond donors (Lipinski definition) is 0. The monoisotopic (exact) mass is 144 g/mol. The van der Waals surface area contributed by atoms with E-state index < -0.39 is 0 Å². The maximum atomic E-state index is 2.91. The fourth-order valence-corrected chi connectivity index (χ4v) is 2.73. The summed E-state index contributed by atoms with van der Waals surface area (Å²) < 4.78 is 0. The summed E-state index contributed by atoms with van der Waals surface area (Å²) in [6.07, 6.45) is 1.38. The van der Waals surface area contributed by atoms with Crippen molar-refractivity contribution < 1.29 is 0 Å². The minimum Gasteiger partial charge on any atom is -0.134 e. The molecule has 0 amide bonds. The molecule has 0 radical (unpaired) electrons. The second-order valence-corrected chi connectivity index (χ2v) is 4.42. The van der Waals surface area contributed by atoms with Crippen LogP contribution in [0, 0.1) is 17.8 Å². The summed E-state index contributed by atoms with van der Waals surface area (Å²) in [7, 11) is 2.91. The predicted molar refractivity (Wildman–Crippen MR) is 45.6 cm³/mol. The lowest BCUT2D eigenvalue weighted by Gasteiger charge is -1.99. The molecule has 0 bridgehead atoms. The molecular formula is C8H17P. The minimum atomic E-state index is 0.838. The van der Waals surface area contributed by atoms with Crippen molar-refractivity contribution in [1.82, 2.24) is 0 Å². The van der Waals surface area contributed by atoms with Crippen LogP contribution in [0.4, 0.5) is 0 Å². The minimum absolute atomic E-state index is 0.838. The molecule has 0 aromatic rings. The Morgan fingerprint density at radius 2 is 2.11 bits per heavy atom. The molecule has 1 fully saturated rings. The Kier molecular flexibility index (Phi) is 2.16. The zero-order valence-electron chi connectivity index (χ0n) is 6.59. The normalized spacial score (nSPS) is 44.7. The Balaban J connectivity index is 2.33. The highest BCUT2D eigenvalue weighted by Crippen LogP contribution is 2.51. The molecule has 1 heteroatoms. The standard InChI is InChI=1S/C8H17P/c1-4-7-5(2)8(7)6(3)9/h5-8H,4,9H2,1-3H3. The van der Waals surface area contributed by atoms with Crippen molar-refractivity contribution in [3.8, 4) is 0 Å². The lowest BCUT2D eigenvalue weighted by Crippen LogP contribution is -1.94. The van der Waals surface area contributed by atoms with E-state index in [0.717, 1.165) is 23.4 Å². The second kappa shape index (κ2) is 2.58. The van der Waals surface area contributed by atoms with Crippen molar-refractivity contribution in [2.75, 3.05) is 0 Å². The van der Waals surface area contributed by atoms with Gasteiger partial charge in [0, 0.05) is 0 Å². The highest BCUT2D eigenvalue weighted by atomic mass is 31.0. The van der Waals surface area contributed by atoms with Crippen LogP contribution in [-0.4, -0.2) is 5.66 Å². The molecule has 54 valence electrons. The fraction of sp³-hybridized carbons (Fsp3) is 1.00. The quantitative estimate of drug-likeness (QED) is 0.522. The van der Waals surface area contributed by atoms with Gasteiger partial charge in [-0.2, -0.15) is 0 Å². The first kappa shape index (κ1) is 7.54. The summed E-state index contributed by atoms with van der Waals surface area (Å²) in [5, 5.41) is 0. The Morgan fingerprint density at radius 1 is 1.56 bits per heavy atom. The Hall–Kier alpha value is 0.430. The lowest BCUT2D eigenvalue weighted by atomic mass is 10.2.